The van der Waals surface area contributed by atoms with Crippen molar-refractivity contribution in [2.24, 2.45) is 5.92 Å². The Morgan fingerprint density at radius 1 is 1.32 bits per heavy atom. The molecular formula is C13H22F3N3. The van der Waals surface area contributed by atoms with Crippen LogP contribution in [-0.4, -0.2) is 42.8 Å². The zero-order chi connectivity index (χ0) is 14.5. The number of nitrogens with one attached hydrogen (secondary N) is 1. The van der Waals surface area contributed by atoms with Gasteiger partial charge in [0.05, 0.1) is 12.0 Å². The molecule has 0 amide bonds. The SMILES string of the molecule is CCNC(C)(C#N)CCN1CCC(C(F)(F)F)CC1. The standard InChI is InChI=1S/C13H22F3N3/c1-3-18-12(2,10-17)6-9-19-7-4-11(5-8-19)13(14,15)16/h11,18H,3-9H2,1-2H3. The van der Waals surface area contributed by atoms with Gasteiger partial charge < -0.3 is 4.90 Å². The fourth-order valence-electron chi connectivity index (χ4n) is 2.44. The van der Waals surface area contributed by atoms with Gasteiger partial charge in [-0.3, -0.25) is 5.32 Å². The van der Waals surface area contributed by atoms with Crippen LogP contribution >= 0.6 is 0 Å². The average Bonchev–Trinajstić information content (AvgIpc) is 2.36. The first-order valence-electron chi connectivity index (χ1n) is 6.76. The van der Waals surface area contributed by atoms with Gasteiger partial charge in [-0.05, 0) is 45.8 Å². The molecule has 0 aliphatic carbocycles. The summed E-state index contributed by atoms with van der Waals surface area (Å²) in [7, 11) is 0. The number of alkyl halides is 3. The molecule has 0 aromatic carbocycles. The highest BCUT2D eigenvalue weighted by molar-refractivity contribution is 5.03. The van der Waals surface area contributed by atoms with Crippen LogP contribution in [0.3, 0.4) is 0 Å². The lowest BCUT2D eigenvalue weighted by Gasteiger charge is -2.34. The second-order valence-electron chi connectivity index (χ2n) is 5.38. The summed E-state index contributed by atoms with van der Waals surface area (Å²) >= 11 is 0. The van der Waals surface area contributed by atoms with E-state index in [0.717, 1.165) is 0 Å². The van der Waals surface area contributed by atoms with Gasteiger partial charge in [-0.1, -0.05) is 6.92 Å². The van der Waals surface area contributed by atoms with Gasteiger partial charge in [0.25, 0.3) is 0 Å². The fraction of sp³-hybridized carbons (Fsp3) is 0.923. The molecule has 1 unspecified atom stereocenters. The Balaban J connectivity index is 2.36. The molecule has 1 saturated heterocycles. The molecule has 110 valence electrons. The third-order valence-electron chi connectivity index (χ3n) is 3.79. The van der Waals surface area contributed by atoms with Crippen molar-refractivity contribution in [1.29, 1.82) is 5.26 Å². The normalized spacial score (nSPS) is 21.9. The summed E-state index contributed by atoms with van der Waals surface area (Å²) in [5.41, 5.74) is -0.588. The van der Waals surface area contributed by atoms with E-state index in [0.29, 0.717) is 32.6 Å². The minimum atomic E-state index is -4.06. The number of halogens is 3. The number of piperidine rings is 1. The van der Waals surface area contributed by atoms with Crippen molar-refractivity contribution >= 4 is 0 Å². The Bertz CT molecular complexity index is 316. The quantitative estimate of drug-likeness (QED) is 0.839. The van der Waals surface area contributed by atoms with Crippen LogP contribution in [0, 0.1) is 17.2 Å². The van der Waals surface area contributed by atoms with E-state index in [1.165, 1.54) is 0 Å². The van der Waals surface area contributed by atoms with E-state index in [1.54, 1.807) is 0 Å². The maximum Gasteiger partial charge on any atom is 0.391 e. The van der Waals surface area contributed by atoms with Gasteiger partial charge >= 0.3 is 6.18 Å². The molecule has 0 radical (unpaired) electrons. The molecule has 3 nitrogen and oxygen atoms in total. The first-order valence-corrected chi connectivity index (χ1v) is 6.76. The first-order chi connectivity index (χ1) is 8.80. The van der Waals surface area contributed by atoms with Gasteiger partial charge in [0.1, 0.15) is 5.54 Å². The Labute approximate surface area is 112 Å². The first kappa shape index (κ1) is 16.3. The minimum absolute atomic E-state index is 0.175. The van der Waals surface area contributed by atoms with E-state index >= 15 is 0 Å². The van der Waals surface area contributed by atoms with Crippen molar-refractivity contribution in [1.82, 2.24) is 10.2 Å². The van der Waals surface area contributed by atoms with Crippen molar-refractivity contribution in [2.45, 2.75) is 44.8 Å². The molecule has 6 heteroatoms. The third kappa shape index (κ3) is 5.00. The highest BCUT2D eigenvalue weighted by Gasteiger charge is 2.41. The van der Waals surface area contributed by atoms with E-state index in [-0.39, 0.29) is 12.8 Å². The Kier molecular flexibility index (Phi) is 5.63. The number of nitrogens with zero attached hydrogens (tertiary/aromatic N) is 2. The summed E-state index contributed by atoms with van der Waals surface area (Å²) in [6.07, 6.45) is -3.08. The molecule has 0 spiro atoms. The molecule has 1 atom stereocenters. The maximum absolute atomic E-state index is 12.5. The molecule has 1 aliphatic rings. The fourth-order valence-corrected chi connectivity index (χ4v) is 2.44. The van der Waals surface area contributed by atoms with Crippen LogP contribution < -0.4 is 5.32 Å². The molecule has 0 aromatic heterocycles. The van der Waals surface area contributed by atoms with Crippen molar-refractivity contribution in [2.75, 3.05) is 26.2 Å². The Morgan fingerprint density at radius 3 is 2.32 bits per heavy atom. The van der Waals surface area contributed by atoms with Gasteiger partial charge in [0, 0.05) is 6.54 Å². The third-order valence-corrected chi connectivity index (χ3v) is 3.79. The highest BCUT2D eigenvalue weighted by Crippen LogP contribution is 2.34. The molecule has 1 N–H and O–H groups in total. The van der Waals surface area contributed by atoms with Gasteiger partial charge in [-0.25, -0.2) is 0 Å². The molecule has 1 heterocycles. The monoisotopic (exact) mass is 277 g/mol. The Morgan fingerprint density at radius 2 is 1.89 bits per heavy atom. The van der Waals surface area contributed by atoms with Gasteiger partial charge in [0.2, 0.25) is 0 Å². The van der Waals surface area contributed by atoms with Gasteiger partial charge in [-0.15, -0.1) is 0 Å². The van der Waals surface area contributed by atoms with Gasteiger partial charge in [0.15, 0.2) is 0 Å². The minimum Gasteiger partial charge on any atom is -0.303 e. The van der Waals surface area contributed by atoms with E-state index in [1.807, 2.05) is 18.7 Å². The summed E-state index contributed by atoms with van der Waals surface area (Å²) in [5, 5.41) is 12.2. The van der Waals surface area contributed by atoms with Crippen LogP contribution in [0.1, 0.15) is 33.1 Å². The predicted molar refractivity (Wildman–Crippen MR) is 67.5 cm³/mol. The van der Waals surface area contributed by atoms with E-state index in [9.17, 15) is 13.2 Å². The molecule has 1 rings (SSSR count). The average molecular weight is 277 g/mol. The van der Waals surface area contributed by atoms with Crippen LogP contribution in [0.25, 0.3) is 0 Å². The van der Waals surface area contributed by atoms with E-state index in [2.05, 4.69) is 11.4 Å². The van der Waals surface area contributed by atoms with Crippen molar-refractivity contribution in [3.8, 4) is 6.07 Å². The van der Waals surface area contributed by atoms with Gasteiger partial charge in [-0.2, -0.15) is 18.4 Å². The van der Waals surface area contributed by atoms with E-state index in [4.69, 9.17) is 5.26 Å². The summed E-state index contributed by atoms with van der Waals surface area (Å²) < 4.78 is 37.6. The molecule has 0 aromatic rings. The van der Waals surface area contributed by atoms with Crippen LogP contribution in [0.5, 0.6) is 0 Å². The smallest absolute Gasteiger partial charge is 0.303 e. The number of rotatable bonds is 5. The second-order valence-corrected chi connectivity index (χ2v) is 5.38. The molecule has 0 bridgehead atoms. The number of nitriles is 1. The second kappa shape index (κ2) is 6.58. The van der Waals surface area contributed by atoms with Crippen LogP contribution in [0.2, 0.25) is 0 Å². The summed E-state index contributed by atoms with van der Waals surface area (Å²) in [6, 6.07) is 2.23. The zero-order valence-corrected chi connectivity index (χ0v) is 11.6. The van der Waals surface area contributed by atoms with Crippen molar-refractivity contribution in [3.05, 3.63) is 0 Å². The number of hydrogen-bond acceptors (Lipinski definition) is 3. The summed E-state index contributed by atoms with van der Waals surface area (Å²) in [6.45, 7) is 6.08. The lowest BCUT2D eigenvalue weighted by atomic mass is 9.94. The topological polar surface area (TPSA) is 39.1 Å². The summed E-state index contributed by atoms with van der Waals surface area (Å²) in [4.78, 5) is 2.02. The maximum atomic E-state index is 12.5. The summed E-state index contributed by atoms with van der Waals surface area (Å²) in [5.74, 6) is -1.15. The lowest BCUT2D eigenvalue weighted by molar-refractivity contribution is -0.185. The van der Waals surface area contributed by atoms with Crippen molar-refractivity contribution < 1.29 is 13.2 Å². The predicted octanol–water partition coefficient (Wildman–Crippen LogP) is 2.54. The van der Waals surface area contributed by atoms with Crippen LogP contribution in [-0.2, 0) is 0 Å². The Hall–Kier alpha value is -0.800. The molecule has 19 heavy (non-hydrogen) atoms. The molecular weight excluding hydrogens is 255 g/mol. The van der Waals surface area contributed by atoms with Crippen LogP contribution in [0.15, 0.2) is 0 Å². The number of likely N-dealkylation sites (tertiary alicyclic amines) is 1. The zero-order valence-electron chi connectivity index (χ0n) is 11.6. The molecule has 0 saturated carbocycles. The largest absolute Gasteiger partial charge is 0.391 e. The van der Waals surface area contributed by atoms with Crippen molar-refractivity contribution in [3.63, 3.8) is 0 Å². The molecule has 1 fully saturated rings. The number of hydrogen-bond donors (Lipinski definition) is 1. The van der Waals surface area contributed by atoms with E-state index < -0.39 is 17.6 Å². The highest BCUT2D eigenvalue weighted by atomic mass is 19.4. The van der Waals surface area contributed by atoms with Crippen LogP contribution in [0.4, 0.5) is 13.2 Å². The molecule has 1 aliphatic heterocycles. The lowest BCUT2D eigenvalue weighted by Crippen LogP contribution is -2.45.